The first-order valence-corrected chi connectivity index (χ1v) is 13.4. The van der Waals surface area contributed by atoms with Crippen molar-refractivity contribution in [2.75, 3.05) is 26.2 Å². The summed E-state index contributed by atoms with van der Waals surface area (Å²) in [4.78, 5) is 30.5. The highest BCUT2D eigenvalue weighted by Crippen LogP contribution is 2.31. The Hall–Kier alpha value is -2.89. The Morgan fingerprint density at radius 1 is 1.22 bits per heavy atom. The molecule has 0 spiro atoms. The number of aromatic nitrogens is 3. The maximum Gasteiger partial charge on any atom is 0.414 e. The minimum Gasteiger partial charge on any atom is -0.391 e. The van der Waals surface area contributed by atoms with Crippen LogP contribution in [0.1, 0.15) is 49.3 Å². The van der Waals surface area contributed by atoms with Crippen molar-refractivity contribution in [3.05, 3.63) is 40.0 Å². The van der Waals surface area contributed by atoms with Gasteiger partial charge in [0.15, 0.2) is 11.5 Å². The summed E-state index contributed by atoms with van der Waals surface area (Å²) in [6.07, 6.45) is 2.14. The zero-order valence-electron chi connectivity index (χ0n) is 20.3. The van der Waals surface area contributed by atoms with Crippen LogP contribution < -0.4 is 10.1 Å². The lowest BCUT2D eigenvalue weighted by Gasteiger charge is -2.34. The van der Waals surface area contributed by atoms with Crippen LogP contribution in [0.5, 0.6) is 5.88 Å². The maximum absolute atomic E-state index is 12.8. The van der Waals surface area contributed by atoms with Gasteiger partial charge in [-0.05, 0) is 45.2 Å². The third-order valence-electron chi connectivity index (χ3n) is 6.57. The number of likely N-dealkylation sites (tertiary alicyclic amines) is 2. The van der Waals surface area contributed by atoms with Crippen LogP contribution in [0, 0.1) is 0 Å². The number of amides is 2. The number of ether oxygens (including phenoxy) is 1. The number of hydrogen-bond acceptors (Lipinski definition) is 8. The molecule has 10 nitrogen and oxygen atoms in total. The van der Waals surface area contributed by atoms with E-state index in [-0.39, 0.29) is 30.1 Å². The lowest BCUT2D eigenvalue weighted by molar-refractivity contribution is 0.0644. The summed E-state index contributed by atoms with van der Waals surface area (Å²) in [7, 11) is 0. The minimum absolute atomic E-state index is 0.0433. The predicted molar refractivity (Wildman–Crippen MR) is 136 cm³/mol. The zero-order valence-corrected chi connectivity index (χ0v) is 21.8. The Kier molecular flexibility index (Phi) is 7.31. The number of thiophene rings is 1. The lowest BCUT2D eigenvalue weighted by atomic mass is 10.0. The Morgan fingerprint density at radius 2 is 2.00 bits per heavy atom. The van der Waals surface area contributed by atoms with Gasteiger partial charge in [0.2, 0.25) is 5.88 Å². The van der Waals surface area contributed by atoms with E-state index in [0.29, 0.717) is 34.9 Å². The summed E-state index contributed by atoms with van der Waals surface area (Å²) in [6, 6.07) is 7.49. The molecule has 3 aromatic rings. The molecule has 2 fully saturated rings. The number of rotatable bonds is 7. The number of halogens is 1. The number of carbonyl (C=O) groups is 2. The average Bonchev–Trinajstić information content (AvgIpc) is 3.54. The topological polar surface area (TPSA) is 106 Å². The van der Waals surface area contributed by atoms with Gasteiger partial charge in [0.1, 0.15) is 5.69 Å². The molecule has 2 aliphatic heterocycles. The van der Waals surface area contributed by atoms with E-state index in [1.54, 1.807) is 17.0 Å². The first-order valence-electron chi connectivity index (χ1n) is 12.2. The second-order valence-electron chi connectivity index (χ2n) is 9.40. The average molecular weight is 533 g/mol. The highest BCUT2D eigenvalue weighted by molar-refractivity contribution is 7.19. The van der Waals surface area contributed by atoms with Crippen molar-refractivity contribution in [2.45, 2.75) is 51.7 Å². The van der Waals surface area contributed by atoms with Gasteiger partial charge < -0.3 is 24.4 Å². The molecule has 2 aliphatic rings. The molecule has 0 aromatic carbocycles. The summed E-state index contributed by atoms with van der Waals surface area (Å²) < 4.78 is 13.2. The Bertz CT molecular complexity index is 1230. The van der Waals surface area contributed by atoms with Gasteiger partial charge in [-0.25, -0.2) is 9.48 Å². The van der Waals surface area contributed by atoms with Gasteiger partial charge in [-0.3, -0.25) is 4.79 Å². The number of carbonyl (C=O) groups excluding carboxylic acids is 2. The molecule has 0 bridgehead atoms. The largest absolute Gasteiger partial charge is 0.414 e. The molecule has 0 radical (unpaired) electrons. The van der Waals surface area contributed by atoms with Gasteiger partial charge in [-0.1, -0.05) is 16.8 Å². The smallest absolute Gasteiger partial charge is 0.391 e. The van der Waals surface area contributed by atoms with E-state index in [2.05, 4.69) is 34.3 Å². The molecule has 0 saturated carbocycles. The van der Waals surface area contributed by atoms with Crippen LogP contribution in [0.2, 0.25) is 4.34 Å². The molecule has 36 heavy (non-hydrogen) atoms. The highest BCUT2D eigenvalue weighted by Gasteiger charge is 2.27. The van der Waals surface area contributed by atoms with Crippen molar-refractivity contribution in [2.24, 2.45) is 0 Å². The summed E-state index contributed by atoms with van der Waals surface area (Å²) >= 11 is 7.42. The van der Waals surface area contributed by atoms with Crippen LogP contribution in [-0.4, -0.2) is 75.0 Å². The van der Waals surface area contributed by atoms with E-state index in [1.165, 1.54) is 22.1 Å². The van der Waals surface area contributed by atoms with Gasteiger partial charge >= 0.3 is 6.09 Å². The molecule has 0 aliphatic carbocycles. The first kappa shape index (κ1) is 24.8. The van der Waals surface area contributed by atoms with Crippen LogP contribution in [0.4, 0.5) is 4.79 Å². The molecule has 2 amide bonds. The van der Waals surface area contributed by atoms with Crippen LogP contribution >= 0.6 is 22.9 Å². The van der Waals surface area contributed by atoms with E-state index in [9.17, 15) is 9.59 Å². The van der Waals surface area contributed by atoms with Crippen LogP contribution in [0.15, 0.2) is 28.8 Å². The molecule has 2 saturated heterocycles. The van der Waals surface area contributed by atoms with Gasteiger partial charge in [0.05, 0.1) is 15.8 Å². The van der Waals surface area contributed by atoms with Crippen molar-refractivity contribution < 1.29 is 18.8 Å². The summed E-state index contributed by atoms with van der Waals surface area (Å²) in [6.45, 7) is 7.79. The van der Waals surface area contributed by atoms with Crippen molar-refractivity contribution in [1.82, 2.24) is 30.1 Å². The van der Waals surface area contributed by atoms with E-state index in [1.807, 2.05) is 6.07 Å². The summed E-state index contributed by atoms with van der Waals surface area (Å²) in [5.41, 5.74) is 0.809. The molecule has 1 N–H and O–H groups in total. The third kappa shape index (κ3) is 5.58. The SMILES string of the molecule is CC(C)N1CCC(NC(=O)Oc2cc(C(=O)N3CCC3)nn2Cc2cc(-c3ccc(Cl)s3)on2)CC1. The lowest BCUT2D eigenvalue weighted by Crippen LogP contribution is -2.47. The van der Waals surface area contributed by atoms with E-state index in [0.717, 1.165) is 37.2 Å². The molecule has 12 heteroatoms. The quantitative estimate of drug-likeness (QED) is 0.488. The normalized spacial score (nSPS) is 16.8. The Balaban J connectivity index is 1.29. The van der Waals surface area contributed by atoms with E-state index >= 15 is 0 Å². The second-order valence-corrected chi connectivity index (χ2v) is 11.1. The second kappa shape index (κ2) is 10.6. The van der Waals surface area contributed by atoms with Gasteiger partial charge in [-0.2, -0.15) is 5.10 Å². The molecular weight excluding hydrogens is 504 g/mol. The fourth-order valence-corrected chi connectivity index (χ4v) is 5.33. The summed E-state index contributed by atoms with van der Waals surface area (Å²) in [5.74, 6) is 0.582. The predicted octanol–water partition coefficient (Wildman–Crippen LogP) is 4.11. The van der Waals surface area contributed by atoms with Crippen molar-refractivity contribution >= 4 is 34.9 Å². The maximum atomic E-state index is 12.8. The fraction of sp³-hybridized carbons (Fsp3) is 0.500. The van der Waals surface area contributed by atoms with Crippen LogP contribution in [0.25, 0.3) is 10.6 Å². The standard InChI is InChI=1S/C24H29ClN6O4S/c1-15(2)29-10-6-16(7-11-29)26-24(33)34-22-13-18(23(32)30-8-3-9-30)27-31(22)14-17-12-19(35-28-17)20-4-5-21(25)36-20/h4-5,12-13,15-16H,3,6-11,14H2,1-2H3,(H,26,33). The van der Waals surface area contributed by atoms with Gasteiger partial charge in [0.25, 0.3) is 5.91 Å². The molecule has 192 valence electrons. The monoisotopic (exact) mass is 532 g/mol. The molecule has 0 unspecified atom stereocenters. The number of nitrogens with zero attached hydrogens (tertiary/aromatic N) is 5. The number of piperidine rings is 1. The number of hydrogen-bond donors (Lipinski definition) is 1. The van der Waals surface area contributed by atoms with Crippen LogP contribution in [-0.2, 0) is 6.54 Å². The zero-order chi connectivity index (χ0) is 25.2. The van der Waals surface area contributed by atoms with Crippen LogP contribution in [0.3, 0.4) is 0 Å². The molecular formula is C24H29ClN6O4S. The van der Waals surface area contributed by atoms with Crippen molar-refractivity contribution in [3.8, 4) is 16.5 Å². The highest BCUT2D eigenvalue weighted by atomic mass is 35.5. The Morgan fingerprint density at radius 3 is 2.64 bits per heavy atom. The third-order valence-corrected chi connectivity index (χ3v) is 7.82. The fourth-order valence-electron chi connectivity index (χ4n) is 4.33. The minimum atomic E-state index is -0.559. The molecule has 0 atom stereocenters. The van der Waals surface area contributed by atoms with Gasteiger partial charge in [-0.15, -0.1) is 11.3 Å². The van der Waals surface area contributed by atoms with Crippen molar-refractivity contribution in [1.29, 1.82) is 0 Å². The molecule has 3 aromatic heterocycles. The molecule has 5 heterocycles. The van der Waals surface area contributed by atoms with Gasteiger partial charge in [0, 0.05) is 50.4 Å². The van der Waals surface area contributed by atoms with E-state index in [4.69, 9.17) is 20.9 Å². The molecule has 5 rings (SSSR count). The van der Waals surface area contributed by atoms with Crippen molar-refractivity contribution in [3.63, 3.8) is 0 Å². The number of nitrogens with one attached hydrogen (secondary N) is 1. The first-order chi connectivity index (χ1) is 17.4. The van der Waals surface area contributed by atoms with E-state index < -0.39 is 6.09 Å². The summed E-state index contributed by atoms with van der Waals surface area (Å²) in [5, 5.41) is 11.5. The Labute approximate surface area is 218 Å².